The topological polar surface area (TPSA) is 90.0 Å². The number of benzene rings is 1. The lowest BCUT2D eigenvalue weighted by molar-refractivity contribution is 0.577. The summed E-state index contributed by atoms with van der Waals surface area (Å²) in [6.45, 7) is 0.455. The Morgan fingerprint density at radius 3 is 2.70 bits per heavy atom. The summed E-state index contributed by atoms with van der Waals surface area (Å²) in [6.07, 6.45) is 1.60. The highest BCUT2D eigenvalue weighted by Gasteiger charge is 2.18. The number of sulfonamides is 1. The molecule has 0 bridgehead atoms. The molecule has 6 nitrogen and oxygen atoms in total. The molecule has 20 heavy (non-hydrogen) atoms. The number of rotatable bonds is 5. The van der Waals surface area contributed by atoms with Crippen LogP contribution in [0.2, 0.25) is 5.02 Å². The molecule has 0 saturated carbocycles. The molecule has 2 rings (SSSR count). The van der Waals surface area contributed by atoms with Crippen LogP contribution in [0.5, 0.6) is 0 Å². The second-order valence-electron chi connectivity index (χ2n) is 4.24. The van der Waals surface area contributed by atoms with Gasteiger partial charge in [-0.25, -0.2) is 13.1 Å². The molecule has 0 unspecified atom stereocenters. The van der Waals surface area contributed by atoms with E-state index in [1.165, 1.54) is 6.07 Å². The number of aromatic nitrogens is 2. The van der Waals surface area contributed by atoms with Gasteiger partial charge in [-0.3, -0.25) is 4.68 Å². The quantitative estimate of drug-likeness (QED) is 0.862. The third kappa shape index (κ3) is 3.18. The lowest BCUT2D eigenvalue weighted by Gasteiger charge is -2.09. The zero-order valence-electron chi connectivity index (χ0n) is 10.9. The van der Waals surface area contributed by atoms with E-state index in [2.05, 4.69) is 9.82 Å². The average molecular weight is 315 g/mol. The van der Waals surface area contributed by atoms with E-state index in [-0.39, 0.29) is 16.5 Å². The zero-order chi connectivity index (χ0) is 14.8. The van der Waals surface area contributed by atoms with Gasteiger partial charge in [-0.1, -0.05) is 17.7 Å². The van der Waals surface area contributed by atoms with E-state index in [4.69, 9.17) is 17.3 Å². The van der Waals surface area contributed by atoms with Gasteiger partial charge in [0.2, 0.25) is 10.0 Å². The van der Waals surface area contributed by atoms with Gasteiger partial charge in [-0.2, -0.15) is 5.10 Å². The van der Waals surface area contributed by atoms with Crippen molar-refractivity contribution in [2.45, 2.75) is 18.0 Å². The maximum Gasteiger partial charge on any atom is 0.242 e. The molecule has 0 spiro atoms. The molecule has 1 heterocycles. The second-order valence-corrected chi connectivity index (χ2v) is 6.38. The van der Waals surface area contributed by atoms with Gasteiger partial charge in [-0.05, 0) is 23.8 Å². The molecule has 0 atom stereocenters. The van der Waals surface area contributed by atoms with Crippen LogP contribution >= 0.6 is 11.6 Å². The fourth-order valence-corrected chi connectivity index (χ4v) is 3.27. The summed E-state index contributed by atoms with van der Waals surface area (Å²) >= 11 is 5.99. The zero-order valence-corrected chi connectivity index (χ0v) is 12.4. The average Bonchev–Trinajstić information content (AvgIpc) is 2.81. The van der Waals surface area contributed by atoms with Gasteiger partial charge in [-0.15, -0.1) is 0 Å². The van der Waals surface area contributed by atoms with Crippen molar-refractivity contribution in [3.05, 3.63) is 46.7 Å². The first kappa shape index (κ1) is 15.0. The number of aryl methyl sites for hydroxylation is 1. The fraction of sp³-hybridized carbons (Fsp3) is 0.250. The van der Waals surface area contributed by atoms with E-state index in [0.717, 1.165) is 11.3 Å². The molecule has 0 fully saturated rings. The van der Waals surface area contributed by atoms with Crippen LogP contribution in [0.4, 0.5) is 0 Å². The Balaban J connectivity index is 2.20. The molecule has 2 aromatic rings. The predicted molar refractivity (Wildman–Crippen MR) is 76.6 cm³/mol. The third-order valence-electron chi connectivity index (χ3n) is 2.89. The first-order valence-corrected chi connectivity index (χ1v) is 7.75. The van der Waals surface area contributed by atoms with Gasteiger partial charge in [0.25, 0.3) is 0 Å². The monoisotopic (exact) mass is 314 g/mol. The van der Waals surface area contributed by atoms with Gasteiger partial charge in [0.1, 0.15) is 4.90 Å². The molecule has 0 radical (unpaired) electrons. The van der Waals surface area contributed by atoms with Crippen molar-refractivity contribution < 1.29 is 8.42 Å². The summed E-state index contributed by atoms with van der Waals surface area (Å²) in [7, 11) is -1.93. The maximum atomic E-state index is 12.2. The summed E-state index contributed by atoms with van der Waals surface area (Å²) in [4.78, 5) is 0.0403. The van der Waals surface area contributed by atoms with Crippen LogP contribution in [0, 0.1) is 0 Å². The molecule has 8 heteroatoms. The molecule has 0 saturated heterocycles. The van der Waals surface area contributed by atoms with Crippen molar-refractivity contribution in [3.8, 4) is 0 Å². The first-order valence-electron chi connectivity index (χ1n) is 5.89. The van der Waals surface area contributed by atoms with Crippen molar-refractivity contribution in [2.75, 3.05) is 0 Å². The molecule has 0 amide bonds. The van der Waals surface area contributed by atoms with Crippen LogP contribution in [-0.4, -0.2) is 18.2 Å². The Bertz CT molecular complexity index is 712. The standard InChI is InChI=1S/C12H15ClN4O2S/c1-17-10(4-5-15-17)8-16-20(18,19)12-3-2-9(7-14)6-11(12)13/h2-6,16H,7-8,14H2,1H3. The highest BCUT2D eigenvalue weighted by atomic mass is 35.5. The van der Waals surface area contributed by atoms with Crippen LogP contribution in [-0.2, 0) is 30.2 Å². The Hall–Kier alpha value is -1.41. The molecule has 108 valence electrons. The van der Waals surface area contributed by atoms with Crippen molar-refractivity contribution in [3.63, 3.8) is 0 Å². The first-order chi connectivity index (χ1) is 9.44. The molecular formula is C12H15ClN4O2S. The predicted octanol–water partition coefficient (Wildman–Crippen LogP) is 1.01. The van der Waals surface area contributed by atoms with Gasteiger partial charge in [0.05, 0.1) is 17.3 Å². The van der Waals surface area contributed by atoms with Gasteiger partial charge in [0, 0.05) is 19.8 Å². The Morgan fingerprint density at radius 2 is 2.15 bits per heavy atom. The molecule has 0 aliphatic rings. The Labute approximate surface area is 122 Å². The molecule has 0 aliphatic carbocycles. The summed E-state index contributed by atoms with van der Waals surface area (Å²) in [5.41, 5.74) is 7.02. The van der Waals surface area contributed by atoms with Gasteiger partial charge < -0.3 is 5.73 Å². The van der Waals surface area contributed by atoms with Crippen LogP contribution in [0.1, 0.15) is 11.3 Å². The highest BCUT2D eigenvalue weighted by Crippen LogP contribution is 2.22. The molecule has 0 aliphatic heterocycles. The lowest BCUT2D eigenvalue weighted by Crippen LogP contribution is -2.24. The van der Waals surface area contributed by atoms with Crippen molar-refractivity contribution in [1.29, 1.82) is 0 Å². The van der Waals surface area contributed by atoms with Crippen LogP contribution < -0.4 is 10.5 Å². The number of nitrogens with one attached hydrogen (secondary N) is 1. The van der Waals surface area contributed by atoms with E-state index in [9.17, 15) is 8.42 Å². The fourth-order valence-electron chi connectivity index (χ4n) is 1.71. The SMILES string of the molecule is Cn1nccc1CNS(=O)(=O)c1ccc(CN)cc1Cl. The van der Waals surface area contributed by atoms with E-state index < -0.39 is 10.0 Å². The van der Waals surface area contributed by atoms with E-state index in [1.807, 2.05) is 0 Å². The van der Waals surface area contributed by atoms with Gasteiger partial charge >= 0.3 is 0 Å². The minimum atomic E-state index is -3.67. The maximum absolute atomic E-state index is 12.2. The van der Waals surface area contributed by atoms with Crippen LogP contribution in [0.3, 0.4) is 0 Å². The summed E-state index contributed by atoms with van der Waals surface area (Å²) in [5, 5.41) is 4.13. The second kappa shape index (κ2) is 5.92. The summed E-state index contributed by atoms with van der Waals surface area (Å²) in [5.74, 6) is 0. The number of nitrogens with zero attached hydrogens (tertiary/aromatic N) is 2. The van der Waals surface area contributed by atoms with Crippen molar-refractivity contribution in [2.24, 2.45) is 12.8 Å². The smallest absolute Gasteiger partial charge is 0.242 e. The Morgan fingerprint density at radius 1 is 1.40 bits per heavy atom. The molecule has 1 aromatic carbocycles. The van der Waals surface area contributed by atoms with Crippen LogP contribution in [0.25, 0.3) is 0 Å². The lowest BCUT2D eigenvalue weighted by atomic mass is 10.2. The Kier molecular flexibility index (Phi) is 4.44. The molecular weight excluding hydrogens is 300 g/mol. The van der Waals surface area contributed by atoms with Gasteiger partial charge in [0.15, 0.2) is 0 Å². The third-order valence-corrected chi connectivity index (χ3v) is 4.77. The van der Waals surface area contributed by atoms with E-state index in [1.54, 1.807) is 36.1 Å². The largest absolute Gasteiger partial charge is 0.326 e. The normalized spacial score (nSPS) is 11.8. The number of hydrogen-bond acceptors (Lipinski definition) is 4. The molecule has 1 aromatic heterocycles. The van der Waals surface area contributed by atoms with Crippen molar-refractivity contribution in [1.82, 2.24) is 14.5 Å². The minimum absolute atomic E-state index is 0.0403. The van der Waals surface area contributed by atoms with E-state index in [0.29, 0.717) is 6.54 Å². The van der Waals surface area contributed by atoms with E-state index >= 15 is 0 Å². The summed E-state index contributed by atoms with van der Waals surface area (Å²) in [6, 6.07) is 6.39. The summed E-state index contributed by atoms with van der Waals surface area (Å²) < 4.78 is 28.5. The van der Waals surface area contributed by atoms with Crippen molar-refractivity contribution >= 4 is 21.6 Å². The minimum Gasteiger partial charge on any atom is -0.326 e. The highest BCUT2D eigenvalue weighted by molar-refractivity contribution is 7.89. The van der Waals surface area contributed by atoms with Crippen LogP contribution in [0.15, 0.2) is 35.4 Å². The number of nitrogens with two attached hydrogens (primary N) is 1. The number of halogens is 1. The molecule has 3 N–H and O–H groups in total. The number of hydrogen-bond donors (Lipinski definition) is 2.